The summed E-state index contributed by atoms with van der Waals surface area (Å²) >= 11 is 0. The molecule has 1 nitrogen and oxygen atoms in total. The van der Waals surface area contributed by atoms with Gasteiger partial charge in [0.1, 0.15) is 0 Å². The minimum Gasteiger partial charge on any atom is -0.375 e. The topological polar surface area (TPSA) is 3.24 Å². The Hall–Kier alpha value is -0.460. The SMILES string of the molecule is C=C(C)N1CCC(CC)C1. The summed E-state index contributed by atoms with van der Waals surface area (Å²) in [5.41, 5.74) is 1.23. The molecule has 0 amide bonds. The molecule has 1 unspecified atom stereocenters. The minimum atomic E-state index is 0.927. The van der Waals surface area contributed by atoms with Crippen LogP contribution in [0.4, 0.5) is 0 Å². The van der Waals surface area contributed by atoms with Gasteiger partial charge in [-0.3, -0.25) is 0 Å². The lowest BCUT2D eigenvalue weighted by Gasteiger charge is -2.17. The molecule has 1 aliphatic heterocycles. The molecule has 10 heavy (non-hydrogen) atoms. The van der Waals surface area contributed by atoms with Crippen molar-refractivity contribution >= 4 is 0 Å². The van der Waals surface area contributed by atoms with E-state index in [-0.39, 0.29) is 0 Å². The average Bonchev–Trinajstić information content (AvgIpc) is 2.34. The fourth-order valence-corrected chi connectivity index (χ4v) is 1.51. The van der Waals surface area contributed by atoms with Gasteiger partial charge in [0.05, 0.1) is 0 Å². The monoisotopic (exact) mass is 139 g/mol. The van der Waals surface area contributed by atoms with Gasteiger partial charge >= 0.3 is 0 Å². The number of nitrogens with zero attached hydrogens (tertiary/aromatic N) is 1. The van der Waals surface area contributed by atoms with Crippen LogP contribution in [-0.2, 0) is 0 Å². The highest BCUT2D eigenvalue weighted by molar-refractivity contribution is 4.92. The zero-order valence-corrected chi connectivity index (χ0v) is 7.06. The molecule has 1 saturated heterocycles. The van der Waals surface area contributed by atoms with E-state index in [1.807, 2.05) is 0 Å². The van der Waals surface area contributed by atoms with Crippen LogP contribution in [0.1, 0.15) is 26.7 Å². The van der Waals surface area contributed by atoms with E-state index in [4.69, 9.17) is 0 Å². The van der Waals surface area contributed by atoms with Crippen LogP contribution in [0.25, 0.3) is 0 Å². The lowest BCUT2D eigenvalue weighted by Crippen LogP contribution is -2.17. The highest BCUT2D eigenvalue weighted by Crippen LogP contribution is 2.21. The second-order valence-electron chi connectivity index (χ2n) is 3.24. The molecule has 1 aliphatic rings. The van der Waals surface area contributed by atoms with E-state index in [2.05, 4.69) is 25.3 Å². The van der Waals surface area contributed by atoms with Gasteiger partial charge in [-0.2, -0.15) is 0 Å². The molecule has 0 bridgehead atoms. The molecule has 58 valence electrons. The summed E-state index contributed by atoms with van der Waals surface area (Å²) in [6.07, 6.45) is 2.69. The van der Waals surface area contributed by atoms with Crippen LogP contribution < -0.4 is 0 Å². The van der Waals surface area contributed by atoms with E-state index in [0.717, 1.165) is 5.92 Å². The molecular weight excluding hydrogens is 122 g/mol. The largest absolute Gasteiger partial charge is 0.375 e. The minimum absolute atomic E-state index is 0.927. The van der Waals surface area contributed by atoms with Crippen LogP contribution >= 0.6 is 0 Å². The van der Waals surface area contributed by atoms with Gasteiger partial charge in [0.2, 0.25) is 0 Å². The predicted molar refractivity (Wildman–Crippen MR) is 44.8 cm³/mol. The summed E-state index contributed by atoms with van der Waals surface area (Å²) in [6, 6.07) is 0. The van der Waals surface area contributed by atoms with Crippen molar-refractivity contribution < 1.29 is 0 Å². The van der Waals surface area contributed by atoms with Crippen molar-refractivity contribution in [3.63, 3.8) is 0 Å². The van der Waals surface area contributed by atoms with E-state index in [1.54, 1.807) is 0 Å². The Morgan fingerprint density at radius 1 is 1.70 bits per heavy atom. The third-order valence-corrected chi connectivity index (χ3v) is 2.40. The van der Waals surface area contributed by atoms with E-state index in [9.17, 15) is 0 Å². The van der Waals surface area contributed by atoms with Crippen molar-refractivity contribution in [1.29, 1.82) is 0 Å². The predicted octanol–water partition coefficient (Wildman–Crippen LogP) is 2.25. The van der Waals surface area contributed by atoms with Crippen LogP contribution in [0.15, 0.2) is 12.3 Å². The molecule has 0 aromatic rings. The maximum absolute atomic E-state index is 3.93. The summed E-state index contributed by atoms with van der Waals surface area (Å²) in [4.78, 5) is 2.38. The van der Waals surface area contributed by atoms with E-state index < -0.39 is 0 Å². The molecule has 1 atom stereocenters. The maximum atomic E-state index is 3.93. The quantitative estimate of drug-likeness (QED) is 0.567. The Morgan fingerprint density at radius 3 is 2.70 bits per heavy atom. The van der Waals surface area contributed by atoms with Crippen molar-refractivity contribution in [2.45, 2.75) is 26.7 Å². The molecule has 0 radical (unpaired) electrons. The van der Waals surface area contributed by atoms with Crippen molar-refractivity contribution in [3.05, 3.63) is 12.3 Å². The molecule has 0 saturated carbocycles. The summed E-state index contributed by atoms with van der Waals surface area (Å²) in [5.74, 6) is 0.927. The zero-order valence-electron chi connectivity index (χ0n) is 7.06. The van der Waals surface area contributed by atoms with Gasteiger partial charge in [0, 0.05) is 18.8 Å². The molecule has 1 heteroatoms. The van der Waals surface area contributed by atoms with Gasteiger partial charge in [-0.15, -0.1) is 0 Å². The molecule has 1 fully saturated rings. The first-order valence-electron chi connectivity index (χ1n) is 4.14. The lowest BCUT2D eigenvalue weighted by atomic mass is 10.1. The number of hydrogen-bond donors (Lipinski definition) is 0. The smallest absolute Gasteiger partial charge is 0.0203 e. The Morgan fingerprint density at radius 2 is 2.40 bits per heavy atom. The number of likely N-dealkylation sites (tertiary alicyclic amines) is 1. The fourth-order valence-electron chi connectivity index (χ4n) is 1.51. The van der Waals surface area contributed by atoms with Crippen LogP contribution in [0.3, 0.4) is 0 Å². The Bertz CT molecular complexity index is 129. The van der Waals surface area contributed by atoms with E-state index in [1.165, 1.54) is 31.6 Å². The van der Waals surface area contributed by atoms with Crippen LogP contribution in [0, 0.1) is 5.92 Å². The average molecular weight is 139 g/mol. The fraction of sp³-hybridized carbons (Fsp3) is 0.778. The normalized spacial score (nSPS) is 25.4. The molecule has 0 aromatic heterocycles. The van der Waals surface area contributed by atoms with Crippen LogP contribution in [0.2, 0.25) is 0 Å². The highest BCUT2D eigenvalue weighted by Gasteiger charge is 2.19. The van der Waals surface area contributed by atoms with Gasteiger partial charge in [0.15, 0.2) is 0 Å². The van der Waals surface area contributed by atoms with Crippen molar-refractivity contribution in [2.75, 3.05) is 13.1 Å². The lowest BCUT2D eigenvalue weighted by molar-refractivity contribution is 0.403. The highest BCUT2D eigenvalue weighted by atomic mass is 15.1. The van der Waals surface area contributed by atoms with Gasteiger partial charge in [0.25, 0.3) is 0 Å². The third kappa shape index (κ3) is 1.53. The molecule has 0 N–H and O–H groups in total. The standard InChI is InChI=1S/C9H17N/c1-4-9-5-6-10(7-9)8(2)3/h9H,2,4-7H2,1,3H3. The number of allylic oxidation sites excluding steroid dienone is 1. The molecule has 1 rings (SSSR count). The number of hydrogen-bond acceptors (Lipinski definition) is 1. The summed E-state index contributed by atoms with van der Waals surface area (Å²) in [6.45, 7) is 10.8. The van der Waals surface area contributed by atoms with Crippen LogP contribution in [-0.4, -0.2) is 18.0 Å². The van der Waals surface area contributed by atoms with Gasteiger partial charge in [-0.1, -0.05) is 19.9 Å². The molecule has 1 heterocycles. The molecule has 0 aliphatic carbocycles. The first-order chi connectivity index (χ1) is 4.74. The molecular formula is C9H17N. The molecule has 0 aromatic carbocycles. The van der Waals surface area contributed by atoms with E-state index in [0.29, 0.717) is 0 Å². The summed E-state index contributed by atoms with van der Waals surface area (Å²) in [5, 5.41) is 0. The summed E-state index contributed by atoms with van der Waals surface area (Å²) in [7, 11) is 0. The molecule has 0 spiro atoms. The zero-order chi connectivity index (χ0) is 7.56. The Kier molecular flexibility index (Phi) is 2.36. The first-order valence-corrected chi connectivity index (χ1v) is 4.14. The second-order valence-corrected chi connectivity index (χ2v) is 3.24. The van der Waals surface area contributed by atoms with Gasteiger partial charge in [-0.25, -0.2) is 0 Å². The van der Waals surface area contributed by atoms with Crippen molar-refractivity contribution in [3.8, 4) is 0 Å². The summed E-state index contributed by atoms with van der Waals surface area (Å²) < 4.78 is 0. The van der Waals surface area contributed by atoms with Crippen LogP contribution in [0.5, 0.6) is 0 Å². The van der Waals surface area contributed by atoms with Gasteiger partial charge < -0.3 is 4.90 Å². The third-order valence-electron chi connectivity index (χ3n) is 2.40. The van der Waals surface area contributed by atoms with Crippen molar-refractivity contribution in [1.82, 2.24) is 4.90 Å². The van der Waals surface area contributed by atoms with Crippen molar-refractivity contribution in [2.24, 2.45) is 5.92 Å². The maximum Gasteiger partial charge on any atom is 0.0203 e. The van der Waals surface area contributed by atoms with E-state index >= 15 is 0 Å². The number of rotatable bonds is 2. The Labute approximate surface area is 63.7 Å². The second kappa shape index (κ2) is 3.09. The Balaban J connectivity index is 2.35. The van der Waals surface area contributed by atoms with Gasteiger partial charge in [-0.05, 0) is 19.3 Å². The first kappa shape index (κ1) is 7.64.